The van der Waals surface area contributed by atoms with Crippen molar-refractivity contribution in [3.8, 4) is 0 Å². The van der Waals surface area contributed by atoms with Gasteiger partial charge in [0.05, 0.1) is 15.7 Å². The summed E-state index contributed by atoms with van der Waals surface area (Å²) in [6.07, 6.45) is 0.462. The number of nitrogens with one attached hydrogen (secondary N) is 1. The SMILES string of the molecule is Cc1nc(NC(=O)CCSCc2ccc(Cl)c(Cl)c2)sc1C. The van der Waals surface area contributed by atoms with Crippen molar-refractivity contribution in [2.45, 2.75) is 26.0 Å². The number of hydrogen-bond acceptors (Lipinski definition) is 4. The van der Waals surface area contributed by atoms with Crippen molar-refractivity contribution in [2.24, 2.45) is 0 Å². The Balaban J connectivity index is 1.71. The Kier molecular flexibility index (Phi) is 6.56. The Hall–Kier alpha value is -0.750. The van der Waals surface area contributed by atoms with Gasteiger partial charge in [0.25, 0.3) is 0 Å². The molecule has 3 nitrogen and oxygen atoms in total. The third kappa shape index (κ3) is 5.16. The van der Waals surface area contributed by atoms with Crippen LogP contribution < -0.4 is 5.32 Å². The largest absolute Gasteiger partial charge is 0.302 e. The average molecular weight is 375 g/mol. The molecule has 22 heavy (non-hydrogen) atoms. The molecule has 0 fully saturated rings. The van der Waals surface area contributed by atoms with Crippen LogP contribution in [-0.2, 0) is 10.5 Å². The van der Waals surface area contributed by atoms with Crippen LogP contribution >= 0.6 is 46.3 Å². The molecule has 118 valence electrons. The predicted molar refractivity (Wildman–Crippen MR) is 97.5 cm³/mol. The maximum atomic E-state index is 11.8. The first-order chi connectivity index (χ1) is 10.5. The van der Waals surface area contributed by atoms with Gasteiger partial charge in [-0.2, -0.15) is 11.8 Å². The van der Waals surface area contributed by atoms with Crippen molar-refractivity contribution in [3.05, 3.63) is 44.4 Å². The van der Waals surface area contributed by atoms with Crippen LogP contribution in [0, 0.1) is 13.8 Å². The van der Waals surface area contributed by atoms with Gasteiger partial charge in [-0.25, -0.2) is 4.98 Å². The van der Waals surface area contributed by atoms with E-state index in [0.717, 1.165) is 27.6 Å². The molecule has 1 N–H and O–H groups in total. The Morgan fingerprint density at radius 1 is 1.32 bits per heavy atom. The molecule has 0 saturated carbocycles. The Labute approximate surface area is 148 Å². The molecule has 0 radical (unpaired) electrons. The second kappa shape index (κ2) is 8.20. The van der Waals surface area contributed by atoms with E-state index in [4.69, 9.17) is 23.2 Å². The van der Waals surface area contributed by atoms with Crippen LogP contribution in [0.1, 0.15) is 22.6 Å². The minimum Gasteiger partial charge on any atom is -0.302 e. The molecular formula is C15H16Cl2N2OS2. The fraction of sp³-hybridized carbons (Fsp3) is 0.333. The van der Waals surface area contributed by atoms with Gasteiger partial charge in [0.2, 0.25) is 5.91 Å². The topological polar surface area (TPSA) is 42.0 Å². The summed E-state index contributed by atoms with van der Waals surface area (Å²) in [7, 11) is 0. The van der Waals surface area contributed by atoms with E-state index in [9.17, 15) is 4.79 Å². The standard InChI is InChI=1S/C15H16Cl2N2OS2/c1-9-10(2)22-15(18-9)19-14(20)5-6-21-8-11-3-4-12(16)13(17)7-11/h3-4,7H,5-6,8H2,1-2H3,(H,18,19,20). The highest BCUT2D eigenvalue weighted by Gasteiger charge is 2.08. The molecular weight excluding hydrogens is 359 g/mol. The number of anilines is 1. The van der Waals surface area contributed by atoms with E-state index >= 15 is 0 Å². The minimum atomic E-state index is -0.00427. The number of amides is 1. The number of benzene rings is 1. The number of carbonyl (C=O) groups is 1. The van der Waals surface area contributed by atoms with Crippen molar-refractivity contribution in [3.63, 3.8) is 0 Å². The number of thioether (sulfide) groups is 1. The smallest absolute Gasteiger partial charge is 0.226 e. The molecule has 0 aliphatic carbocycles. The lowest BCUT2D eigenvalue weighted by molar-refractivity contribution is -0.115. The second-order valence-corrected chi connectivity index (χ2v) is 7.88. The molecule has 0 atom stereocenters. The molecule has 0 aliphatic heterocycles. The van der Waals surface area contributed by atoms with Crippen LogP contribution in [0.2, 0.25) is 10.0 Å². The number of aromatic nitrogens is 1. The third-order valence-corrected chi connectivity index (χ3v) is 5.76. The van der Waals surface area contributed by atoms with Gasteiger partial charge in [-0.15, -0.1) is 11.3 Å². The molecule has 0 bridgehead atoms. The molecule has 2 rings (SSSR count). The van der Waals surface area contributed by atoms with Gasteiger partial charge >= 0.3 is 0 Å². The zero-order valence-corrected chi connectivity index (χ0v) is 15.4. The molecule has 7 heteroatoms. The molecule has 1 amide bonds. The lowest BCUT2D eigenvalue weighted by atomic mass is 10.2. The summed E-state index contributed by atoms with van der Waals surface area (Å²) >= 11 is 15.0. The third-order valence-electron chi connectivity index (χ3n) is 3.00. The van der Waals surface area contributed by atoms with Crippen molar-refractivity contribution in [1.82, 2.24) is 4.98 Å². The van der Waals surface area contributed by atoms with Crippen molar-refractivity contribution in [2.75, 3.05) is 11.1 Å². The zero-order chi connectivity index (χ0) is 16.1. The van der Waals surface area contributed by atoms with E-state index in [2.05, 4.69) is 10.3 Å². The summed E-state index contributed by atoms with van der Waals surface area (Å²) in [6, 6.07) is 5.60. The van der Waals surface area contributed by atoms with Gasteiger partial charge in [-0.1, -0.05) is 29.3 Å². The molecule has 0 unspecified atom stereocenters. The quantitative estimate of drug-likeness (QED) is 0.694. The van der Waals surface area contributed by atoms with Crippen molar-refractivity contribution >= 4 is 57.3 Å². The van der Waals surface area contributed by atoms with E-state index in [-0.39, 0.29) is 5.91 Å². The summed E-state index contributed by atoms with van der Waals surface area (Å²) in [5.74, 6) is 1.55. The highest BCUT2D eigenvalue weighted by atomic mass is 35.5. The summed E-state index contributed by atoms with van der Waals surface area (Å²) in [4.78, 5) is 17.3. The second-order valence-electron chi connectivity index (χ2n) is 4.76. The lowest BCUT2D eigenvalue weighted by Gasteiger charge is -2.04. The van der Waals surface area contributed by atoms with Gasteiger partial charge in [-0.3, -0.25) is 4.79 Å². The minimum absolute atomic E-state index is 0.00427. The van der Waals surface area contributed by atoms with Crippen LogP contribution in [0.15, 0.2) is 18.2 Å². The molecule has 0 aliphatic rings. The first-order valence-electron chi connectivity index (χ1n) is 6.71. The number of halogens is 2. The Morgan fingerprint density at radius 3 is 2.73 bits per heavy atom. The predicted octanol–water partition coefficient (Wildman–Crippen LogP) is 5.33. The van der Waals surface area contributed by atoms with E-state index in [1.807, 2.05) is 26.0 Å². The molecule has 0 saturated heterocycles. The highest BCUT2D eigenvalue weighted by Crippen LogP contribution is 2.25. The van der Waals surface area contributed by atoms with Crippen LogP contribution in [0.3, 0.4) is 0 Å². The first kappa shape index (κ1) is 17.6. The molecule has 2 aromatic rings. The summed E-state index contributed by atoms with van der Waals surface area (Å²) < 4.78 is 0. The van der Waals surface area contributed by atoms with E-state index in [1.54, 1.807) is 17.8 Å². The highest BCUT2D eigenvalue weighted by molar-refractivity contribution is 7.98. The fourth-order valence-electron chi connectivity index (χ4n) is 1.69. The summed E-state index contributed by atoms with van der Waals surface area (Å²) in [6.45, 7) is 3.93. The average Bonchev–Trinajstić information content (AvgIpc) is 2.77. The van der Waals surface area contributed by atoms with Gasteiger partial charge in [0.1, 0.15) is 0 Å². The normalized spacial score (nSPS) is 10.7. The molecule has 1 aromatic carbocycles. The number of thiazole rings is 1. The summed E-state index contributed by atoms with van der Waals surface area (Å²) in [5.41, 5.74) is 2.07. The van der Waals surface area contributed by atoms with Crippen molar-refractivity contribution < 1.29 is 4.79 Å². The van der Waals surface area contributed by atoms with Crippen LogP contribution in [0.25, 0.3) is 0 Å². The summed E-state index contributed by atoms with van der Waals surface area (Å²) in [5, 5.41) is 4.63. The first-order valence-corrected chi connectivity index (χ1v) is 9.44. The molecule has 1 aromatic heterocycles. The van der Waals surface area contributed by atoms with Crippen LogP contribution in [0.4, 0.5) is 5.13 Å². The number of rotatable bonds is 6. The maximum absolute atomic E-state index is 11.8. The lowest BCUT2D eigenvalue weighted by Crippen LogP contribution is -2.12. The number of nitrogens with zero attached hydrogens (tertiary/aromatic N) is 1. The fourth-order valence-corrected chi connectivity index (χ4v) is 3.73. The number of aryl methyl sites for hydroxylation is 2. The number of carbonyl (C=O) groups excluding carboxylic acids is 1. The van der Waals surface area contributed by atoms with Gasteiger partial charge < -0.3 is 5.32 Å². The zero-order valence-electron chi connectivity index (χ0n) is 12.3. The molecule has 0 spiro atoms. The maximum Gasteiger partial charge on any atom is 0.226 e. The monoisotopic (exact) mass is 374 g/mol. The Morgan fingerprint density at radius 2 is 2.09 bits per heavy atom. The van der Waals surface area contributed by atoms with Crippen LogP contribution in [0.5, 0.6) is 0 Å². The van der Waals surface area contributed by atoms with Gasteiger partial charge in [-0.05, 0) is 31.5 Å². The molecule has 1 heterocycles. The van der Waals surface area contributed by atoms with E-state index in [1.165, 1.54) is 11.3 Å². The van der Waals surface area contributed by atoms with E-state index in [0.29, 0.717) is 21.6 Å². The Bertz CT molecular complexity index is 654. The number of hydrogen-bond donors (Lipinski definition) is 1. The van der Waals surface area contributed by atoms with E-state index < -0.39 is 0 Å². The van der Waals surface area contributed by atoms with Gasteiger partial charge in [0, 0.05) is 22.8 Å². The van der Waals surface area contributed by atoms with Crippen LogP contribution in [-0.4, -0.2) is 16.6 Å². The van der Waals surface area contributed by atoms with Gasteiger partial charge in [0.15, 0.2) is 5.13 Å². The van der Waals surface area contributed by atoms with Crippen molar-refractivity contribution in [1.29, 1.82) is 0 Å².